The SMILES string of the molecule is CN(CC(=O)O)N[C@@H](CCSC[C@H]1O[C@@H](n2cnc3c(N)ncnc32)[C@H](O)[C@@H]1O)C(=O)O. The van der Waals surface area contributed by atoms with Gasteiger partial charge in [-0.25, -0.2) is 25.4 Å². The monoisotopic (exact) mass is 471 g/mol. The van der Waals surface area contributed by atoms with E-state index >= 15 is 0 Å². The second-order valence-electron chi connectivity index (χ2n) is 7.26. The van der Waals surface area contributed by atoms with Gasteiger partial charge in [-0.05, 0) is 12.2 Å². The van der Waals surface area contributed by atoms with Gasteiger partial charge in [0.15, 0.2) is 17.7 Å². The van der Waals surface area contributed by atoms with E-state index < -0.39 is 42.5 Å². The van der Waals surface area contributed by atoms with Gasteiger partial charge in [0.2, 0.25) is 0 Å². The number of aliphatic hydroxyl groups excluding tert-OH is 2. The summed E-state index contributed by atoms with van der Waals surface area (Å²) in [5, 5.41) is 40.2. The molecule has 7 N–H and O–H groups in total. The second-order valence-corrected chi connectivity index (χ2v) is 8.41. The Bertz CT molecular complexity index is 960. The predicted molar refractivity (Wildman–Crippen MR) is 112 cm³/mol. The van der Waals surface area contributed by atoms with Gasteiger partial charge in [-0.1, -0.05) is 0 Å². The Morgan fingerprint density at radius 2 is 2.06 bits per heavy atom. The molecule has 1 saturated heterocycles. The quantitative estimate of drug-likeness (QED) is 0.157. The van der Waals surface area contributed by atoms with E-state index in [1.165, 1.54) is 41.0 Å². The lowest BCUT2D eigenvalue weighted by Crippen LogP contribution is -2.48. The number of aliphatic hydroxyl groups is 2. The normalized spacial score (nSPS) is 24.2. The Morgan fingerprint density at radius 3 is 2.75 bits per heavy atom. The van der Waals surface area contributed by atoms with Crippen LogP contribution in [0.1, 0.15) is 12.6 Å². The minimum Gasteiger partial charge on any atom is -0.480 e. The van der Waals surface area contributed by atoms with Crippen molar-refractivity contribution in [1.82, 2.24) is 30.0 Å². The first-order chi connectivity index (χ1) is 15.2. The second kappa shape index (κ2) is 10.4. The lowest BCUT2D eigenvalue weighted by molar-refractivity contribution is -0.144. The molecule has 0 aromatic carbocycles. The molecule has 32 heavy (non-hydrogen) atoms. The average Bonchev–Trinajstić information content (AvgIpc) is 3.26. The van der Waals surface area contributed by atoms with E-state index in [1.54, 1.807) is 0 Å². The van der Waals surface area contributed by atoms with Gasteiger partial charge in [0.1, 0.15) is 36.6 Å². The molecule has 176 valence electrons. The van der Waals surface area contributed by atoms with Crippen molar-refractivity contribution in [2.24, 2.45) is 0 Å². The van der Waals surface area contributed by atoms with Crippen LogP contribution in [-0.4, -0.2) is 106 Å². The van der Waals surface area contributed by atoms with Crippen LogP contribution in [0.2, 0.25) is 0 Å². The van der Waals surface area contributed by atoms with Crippen LogP contribution >= 0.6 is 11.8 Å². The fourth-order valence-electron chi connectivity index (χ4n) is 3.31. The molecule has 14 nitrogen and oxygen atoms in total. The molecular formula is C17H25N7O7S. The number of hydrogen-bond acceptors (Lipinski definition) is 12. The van der Waals surface area contributed by atoms with E-state index in [1.807, 2.05) is 0 Å². The van der Waals surface area contributed by atoms with Crippen LogP contribution in [0.4, 0.5) is 5.82 Å². The predicted octanol–water partition coefficient (Wildman–Crippen LogP) is -1.87. The number of hydrogen-bond donors (Lipinski definition) is 6. The van der Waals surface area contributed by atoms with E-state index in [4.69, 9.17) is 15.6 Å². The van der Waals surface area contributed by atoms with Gasteiger partial charge in [0, 0.05) is 12.8 Å². The van der Waals surface area contributed by atoms with Crippen LogP contribution in [0.5, 0.6) is 0 Å². The summed E-state index contributed by atoms with van der Waals surface area (Å²) in [4.78, 5) is 34.2. The number of rotatable bonds is 11. The lowest BCUT2D eigenvalue weighted by Gasteiger charge is -2.22. The molecule has 2 aromatic rings. The number of imidazole rings is 1. The molecule has 3 rings (SSSR count). The molecule has 1 aliphatic heterocycles. The molecule has 1 aliphatic rings. The summed E-state index contributed by atoms with van der Waals surface area (Å²) >= 11 is 1.34. The molecule has 2 aromatic heterocycles. The Morgan fingerprint density at radius 1 is 1.31 bits per heavy atom. The molecule has 0 bridgehead atoms. The van der Waals surface area contributed by atoms with E-state index in [9.17, 15) is 24.9 Å². The van der Waals surface area contributed by atoms with Gasteiger partial charge in [0.25, 0.3) is 0 Å². The van der Waals surface area contributed by atoms with Gasteiger partial charge in [-0.3, -0.25) is 14.2 Å². The van der Waals surface area contributed by atoms with Crippen LogP contribution in [0, 0.1) is 0 Å². The number of thioether (sulfide) groups is 1. The van der Waals surface area contributed by atoms with Crippen LogP contribution in [0.25, 0.3) is 11.2 Å². The number of carboxylic acid groups (broad SMARTS) is 2. The number of nitrogens with two attached hydrogens (primary N) is 1. The van der Waals surface area contributed by atoms with Crippen molar-refractivity contribution in [3.05, 3.63) is 12.7 Å². The van der Waals surface area contributed by atoms with Gasteiger partial charge in [-0.2, -0.15) is 11.8 Å². The molecule has 0 amide bonds. The summed E-state index contributed by atoms with van der Waals surface area (Å²) in [6.45, 7) is -0.349. The third-order valence-corrected chi connectivity index (χ3v) is 5.97. The number of hydrazine groups is 1. The number of aliphatic carboxylic acids is 2. The molecule has 0 unspecified atom stereocenters. The summed E-state index contributed by atoms with van der Waals surface area (Å²) in [6.07, 6.45) is -1.15. The smallest absolute Gasteiger partial charge is 0.322 e. The zero-order valence-corrected chi connectivity index (χ0v) is 17.9. The number of nitrogens with one attached hydrogen (secondary N) is 1. The van der Waals surface area contributed by atoms with Crippen molar-refractivity contribution in [2.45, 2.75) is 37.0 Å². The molecule has 0 aliphatic carbocycles. The number of likely N-dealkylation sites (N-methyl/N-ethyl adjacent to an activating group) is 1. The van der Waals surface area contributed by atoms with Crippen LogP contribution in [0.15, 0.2) is 12.7 Å². The number of anilines is 1. The summed E-state index contributed by atoms with van der Waals surface area (Å²) in [6, 6.07) is -0.970. The number of fused-ring (bicyclic) bond motifs is 1. The van der Waals surface area contributed by atoms with Crippen molar-refractivity contribution in [3.63, 3.8) is 0 Å². The number of aromatic nitrogens is 4. The summed E-state index contributed by atoms with van der Waals surface area (Å²) in [7, 11) is 1.44. The van der Waals surface area contributed by atoms with Crippen LogP contribution in [-0.2, 0) is 14.3 Å². The van der Waals surface area contributed by atoms with Crippen LogP contribution in [0.3, 0.4) is 0 Å². The molecule has 0 saturated carbocycles. The Labute approximate surface area is 186 Å². The number of ether oxygens (including phenoxy) is 1. The van der Waals surface area contributed by atoms with Gasteiger partial charge < -0.3 is 30.9 Å². The minimum atomic E-state index is -1.23. The summed E-state index contributed by atoms with van der Waals surface area (Å²) < 4.78 is 7.32. The highest BCUT2D eigenvalue weighted by Crippen LogP contribution is 2.33. The van der Waals surface area contributed by atoms with Crippen molar-refractivity contribution in [1.29, 1.82) is 0 Å². The molecule has 0 spiro atoms. The van der Waals surface area contributed by atoms with Crippen LogP contribution < -0.4 is 11.2 Å². The number of carbonyl (C=O) groups is 2. The van der Waals surface area contributed by atoms with E-state index in [2.05, 4.69) is 20.4 Å². The van der Waals surface area contributed by atoms with Gasteiger partial charge in [0.05, 0.1) is 12.4 Å². The average molecular weight is 471 g/mol. The zero-order chi connectivity index (χ0) is 23.4. The molecule has 1 fully saturated rings. The number of nitrogens with zero attached hydrogens (tertiary/aromatic N) is 5. The van der Waals surface area contributed by atoms with E-state index in [0.29, 0.717) is 22.7 Å². The first-order valence-corrected chi connectivity index (χ1v) is 10.8. The van der Waals surface area contributed by atoms with E-state index in [0.717, 1.165) is 0 Å². The maximum absolute atomic E-state index is 11.4. The highest BCUT2D eigenvalue weighted by molar-refractivity contribution is 7.99. The summed E-state index contributed by atoms with van der Waals surface area (Å²) in [5.41, 5.74) is 9.12. The van der Waals surface area contributed by atoms with Crippen molar-refractivity contribution in [2.75, 3.05) is 30.8 Å². The lowest BCUT2D eigenvalue weighted by atomic mass is 10.1. The van der Waals surface area contributed by atoms with Crippen molar-refractivity contribution < 1.29 is 34.8 Å². The van der Waals surface area contributed by atoms with Gasteiger partial charge >= 0.3 is 11.9 Å². The summed E-state index contributed by atoms with van der Waals surface area (Å²) in [5.74, 6) is -1.31. The largest absolute Gasteiger partial charge is 0.480 e. The molecule has 15 heteroatoms. The molecule has 3 heterocycles. The highest BCUT2D eigenvalue weighted by atomic mass is 32.2. The maximum atomic E-state index is 11.4. The Hall–Kier alpha value is -2.56. The highest BCUT2D eigenvalue weighted by Gasteiger charge is 2.44. The van der Waals surface area contributed by atoms with E-state index in [-0.39, 0.29) is 18.8 Å². The third-order valence-electron chi connectivity index (χ3n) is 4.88. The van der Waals surface area contributed by atoms with Gasteiger partial charge in [-0.15, -0.1) is 0 Å². The maximum Gasteiger partial charge on any atom is 0.322 e. The number of carboxylic acids is 2. The fraction of sp³-hybridized carbons (Fsp3) is 0.588. The third kappa shape index (κ3) is 5.43. The molecule has 5 atom stereocenters. The topological polar surface area (TPSA) is 209 Å². The molecule has 0 radical (unpaired) electrons. The Kier molecular flexibility index (Phi) is 7.81. The Balaban J connectivity index is 1.54. The standard InChI is InChI=1S/C17H25N7O7S/c1-23(4-10(25)26)22-8(17(29)30)2-3-32-5-9-12(27)13(28)16(31-9)24-7-21-11-14(18)19-6-20-15(11)24/h6-9,12-13,16,22,27-28H,2-5H2,1H3,(H,25,26)(H,29,30)(H2,18,19,20)/t8-,9+,12+,13+,16+/m0/s1. The molecular weight excluding hydrogens is 446 g/mol. The fourth-order valence-corrected chi connectivity index (χ4v) is 4.39. The van der Waals surface area contributed by atoms with Crippen molar-refractivity contribution >= 4 is 40.7 Å². The first-order valence-electron chi connectivity index (χ1n) is 9.63. The van der Waals surface area contributed by atoms with Crippen molar-refractivity contribution in [3.8, 4) is 0 Å². The zero-order valence-electron chi connectivity index (χ0n) is 17.1. The minimum absolute atomic E-state index is 0.185. The first kappa shape index (κ1) is 24.1. The number of nitrogen functional groups attached to an aromatic ring is 1.